The lowest BCUT2D eigenvalue weighted by Crippen LogP contribution is -2.04. The fourth-order valence-electron chi connectivity index (χ4n) is 2.13. The quantitative estimate of drug-likeness (QED) is 0.906. The molecule has 0 saturated carbocycles. The van der Waals surface area contributed by atoms with Crippen molar-refractivity contribution in [1.29, 1.82) is 0 Å². The van der Waals surface area contributed by atoms with Crippen LogP contribution in [0.3, 0.4) is 0 Å². The molecule has 1 N–H and O–H groups in total. The Hall–Kier alpha value is -2.01. The van der Waals surface area contributed by atoms with Crippen LogP contribution < -0.4 is 4.74 Å². The van der Waals surface area contributed by atoms with Gasteiger partial charge in [0.25, 0.3) is 0 Å². The van der Waals surface area contributed by atoms with E-state index in [4.69, 9.17) is 20.9 Å². The molecule has 0 aliphatic rings. The van der Waals surface area contributed by atoms with Gasteiger partial charge in [0.15, 0.2) is 5.76 Å². The van der Waals surface area contributed by atoms with Crippen LogP contribution >= 0.6 is 11.6 Å². The number of aromatic carboxylic acids is 1. The van der Waals surface area contributed by atoms with Crippen LogP contribution in [0.5, 0.6) is 5.75 Å². The van der Waals surface area contributed by atoms with Crippen molar-refractivity contribution in [3.05, 3.63) is 34.5 Å². The molecule has 21 heavy (non-hydrogen) atoms. The van der Waals surface area contributed by atoms with Gasteiger partial charge >= 0.3 is 5.97 Å². The molecule has 2 rings (SSSR count). The standard InChI is InChI=1S/C15H16ClNO4/c1-8(2)7-11-13(15(18)19)14(17-21-11)12-9(16)5-4-6-10(12)20-3/h4-6,8H,7H2,1-3H3,(H,18,19). The largest absolute Gasteiger partial charge is 0.496 e. The Bertz CT molecular complexity index is 664. The number of nitrogens with zero attached hydrogens (tertiary/aromatic N) is 1. The first-order valence-electron chi connectivity index (χ1n) is 6.50. The van der Waals surface area contributed by atoms with Gasteiger partial charge in [-0.05, 0) is 18.1 Å². The molecular formula is C15H16ClNO4. The number of hydrogen-bond donors (Lipinski definition) is 1. The number of carbonyl (C=O) groups is 1. The van der Waals surface area contributed by atoms with Crippen LogP contribution in [0, 0.1) is 5.92 Å². The average molecular weight is 310 g/mol. The third kappa shape index (κ3) is 3.03. The minimum atomic E-state index is -1.09. The van der Waals surface area contributed by atoms with Crippen LogP contribution in [0.1, 0.15) is 30.0 Å². The van der Waals surface area contributed by atoms with Crippen molar-refractivity contribution in [3.8, 4) is 17.0 Å². The second-order valence-electron chi connectivity index (χ2n) is 5.05. The number of aromatic nitrogens is 1. The Morgan fingerprint density at radius 3 is 2.76 bits per heavy atom. The molecule has 5 nitrogen and oxygen atoms in total. The van der Waals surface area contributed by atoms with Crippen molar-refractivity contribution in [3.63, 3.8) is 0 Å². The highest BCUT2D eigenvalue weighted by atomic mass is 35.5. The number of carboxylic acids is 1. The number of carboxylic acid groups (broad SMARTS) is 1. The molecule has 0 aliphatic heterocycles. The van der Waals surface area contributed by atoms with Crippen molar-refractivity contribution in [1.82, 2.24) is 5.16 Å². The summed E-state index contributed by atoms with van der Waals surface area (Å²) in [6.07, 6.45) is 0.488. The number of hydrogen-bond acceptors (Lipinski definition) is 4. The van der Waals surface area contributed by atoms with Gasteiger partial charge < -0.3 is 14.4 Å². The molecule has 112 valence electrons. The van der Waals surface area contributed by atoms with Gasteiger partial charge in [0.05, 0.1) is 17.7 Å². The molecule has 6 heteroatoms. The molecule has 0 unspecified atom stereocenters. The predicted molar refractivity (Wildman–Crippen MR) is 79.0 cm³/mol. The molecule has 0 atom stereocenters. The summed E-state index contributed by atoms with van der Waals surface area (Å²) in [5.74, 6) is -0.0511. The molecule has 1 aromatic heterocycles. The summed E-state index contributed by atoms with van der Waals surface area (Å²) >= 11 is 6.18. The van der Waals surface area contributed by atoms with Crippen LogP contribution in [-0.2, 0) is 6.42 Å². The van der Waals surface area contributed by atoms with E-state index in [1.54, 1.807) is 18.2 Å². The normalized spacial score (nSPS) is 10.9. The van der Waals surface area contributed by atoms with Gasteiger partial charge in [-0.1, -0.05) is 36.7 Å². The first kappa shape index (κ1) is 15.4. The highest BCUT2D eigenvalue weighted by Crippen LogP contribution is 2.38. The molecule has 0 bridgehead atoms. The first-order chi connectivity index (χ1) is 9.95. The number of methoxy groups -OCH3 is 1. The van der Waals surface area contributed by atoms with Crippen LogP contribution in [0.2, 0.25) is 5.02 Å². The second kappa shape index (κ2) is 6.18. The number of benzene rings is 1. The van der Waals surface area contributed by atoms with Crippen molar-refractivity contribution >= 4 is 17.6 Å². The van der Waals surface area contributed by atoms with E-state index in [9.17, 15) is 9.90 Å². The van der Waals surface area contributed by atoms with Gasteiger partial charge in [-0.25, -0.2) is 4.79 Å². The smallest absolute Gasteiger partial charge is 0.341 e. The van der Waals surface area contributed by atoms with E-state index in [-0.39, 0.29) is 17.2 Å². The molecule has 1 aromatic carbocycles. The monoisotopic (exact) mass is 309 g/mol. The van der Waals surface area contributed by atoms with Crippen LogP contribution in [-0.4, -0.2) is 23.3 Å². The molecule has 0 amide bonds. The third-order valence-electron chi connectivity index (χ3n) is 3.00. The minimum Gasteiger partial charge on any atom is -0.496 e. The van der Waals surface area contributed by atoms with Gasteiger partial charge in [0.1, 0.15) is 17.0 Å². The predicted octanol–water partition coefficient (Wildman–Crippen LogP) is 3.90. The molecule has 1 heterocycles. The van der Waals surface area contributed by atoms with E-state index in [1.807, 2.05) is 13.8 Å². The molecule has 0 radical (unpaired) electrons. The maximum atomic E-state index is 11.6. The zero-order valence-electron chi connectivity index (χ0n) is 12.0. The van der Waals surface area contributed by atoms with E-state index in [0.29, 0.717) is 28.5 Å². The summed E-state index contributed by atoms with van der Waals surface area (Å²) in [4.78, 5) is 11.6. The Kier molecular flexibility index (Phi) is 4.53. The van der Waals surface area contributed by atoms with E-state index in [0.717, 1.165) is 0 Å². The Labute approximate surface area is 127 Å². The summed E-state index contributed by atoms with van der Waals surface area (Å²) in [6.45, 7) is 3.95. The van der Waals surface area contributed by atoms with Gasteiger partial charge in [-0.15, -0.1) is 0 Å². The van der Waals surface area contributed by atoms with Gasteiger partial charge in [-0.2, -0.15) is 0 Å². The summed E-state index contributed by atoms with van der Waals surface area (Å²) in [7, 11) is 1.49. The molecule has 0 aliphatic carbocycles. The fourth-order valence-corrected chi connectivity index (χ4v) is 2.39. The summed E-state index contributed by atoms with van der Waals surface area (Å²) in [5, 5.41) is 13.8. The highest BCUT2D eigenvalue weighted by Gasteiger charge is 2.27. The maximum Gasteiger partial charge on any atom is 0.341 e. The van der Waals surface area contributed by atoms with E-state index in [2.05, 4.69) is 5.16 Å². The maximum absolute atomic E-state index is 11.6. The lowest BCUT2D eigenvalue weighted by molar-refractivity contribution is 0.0695. The second-order valence-corrected chi connectivity index (χ2v) is 5.46. The average Bonchev–Trinajstić information content (AvgIpc) is 2.80. The summed E-state index contributed by atoms with van der Waals surface area (Å²) < 4.78 is 10.5. The van der Waals surface area contributed by atoms with Crippen molar-refractivity contribution in [2.45, 2.75) is 20.3 Å². The minimum absolute atomic E-state index is 0.0371. The molecular weight excluding hydrogens is 294 g/mol. The third-order valence-corrected chi connectivity index (χ3v) is 3.32. The van der Waals surface area contributed by atoms with Crippen LogP contribution in [0.15, 0.2) is 22.7 Å². The molecule has 2 aromatic rings. The van der Waals surface area contributed by atoms with Crippen molar-refractivity contribution in [2.24, 2.45) is 5.92 Å². The highest BCUT2D eigenvalue weighted by molar-refractivity contribution is 6.33. The topological polar surface area (TPSA) is 72.6 Å². The summed E-state index contributed by atoms with van der Waals surface area (Å²) in [5.41, 5.74) is 0.661. The lowest BCUT2D eigenvalue weighted by Gasteiger charge is -2.08. The number of rotatable bonds is 5. The van der Waals surface area contributed by atoms with Crippen molar-refractivity contribution in [2.75, 3.05) is 7.11 Å². The van der Waals surface area contributed by atoms with E-state index < -0.39 is 5.97 Å². The summed E-state index contributed by atoms with van der Waals surface area (Å²) in [6, 6.07) is 5.08. The van der Waals surface area contributed by atoms with Gasteiger partial charge in [0.2, 0.25) is 0 Å². The van der Waals surface area contributed by atoms with Gasteiger partial charge in [0, 0.05) is 6.42 Å². The van der Waals surface area contributed by atoms with E-state index in [1.165, 1.54) is 7.11 Å². The zero-order valence-corrected chi connectivity index (χ0v) is 12.8. The molecule has 0 saturated heterocycles. The van der Waals surface area contributed by atoms with Crippen LogP contribution in [0.25, 0.3) is 11.3 Å². The molecule has 0 fully saturated rings. The van der Waals surface area contributed by atoms with E-state index >= 15 is 0 Å². The molecule has 0 spiro atoms. The van der Waals surface area contributed by atoms with Crippen LogP contribution in [0.4, 0.5) is 0 Å². The number of halogens is 1. The zero-order chi connectivity index (χ0) is 15.6. The first-order valence-corrected chi connectivity index (χ1v) is 6.88. The Balaban J connectivity index is 2.65. The lowest BCUT2D eigenvalue weighted by atomic mass is 10.0. The Morgan fingerprint density at radius 2 is 2.19 bits per heavy atom. The fraction of sp³-hybridized carbons (Fsp3) is 0.333. The number of ether oxygens (including phenoxy) is 1. The Morgan fingerprint density at radius 1 is 1.48 bits per heavy atom. The van der Waals surface area contributed by atoms with Crippen molar-refractivity contribution < 1.29 is 19.2 Å². The SMILES string of the molecule is COc1cccc(Cl)c1-c1noc(CC(C)C)c1C(=O)O. The van der Waals surface area contributed by atoms with Gasteiger partial charge in [-0.3, -0.25) is 0 Å².